The summed E-state index contributed by atoms with van der Waals surface area (Å²) in [7, 11) is 1.64. The molecule has 9 heteroatoms. The van der Waals surface area contributed by atoms with Crippen LogP contribution in [0.25, 0.3) is 0 Å². The second-order valence-electron chi connectivity index (χ2n) is 8.33. The number of nitrogens with two attached hydrogens (primary N) is 2. The maximum atomic E-state index is 12.0. The second-order valence-corrected chi connectivity index (χ2v) is 9.40. The molecule has 6 N–H and O–H groups in total. The number of nitrogens with zero attached hydrogens (tertiary/aromatic N) is 2. The third-order valence-electron chi connectivity index (χ3n) is 5.54. The Hall–Kier alpha value is -3.59. The van der Waals surface area contributed by atoms with Crippen LogP contribution in [0.4, 0.5) is 5.69 Å². The molecule has 0 unspecified atom stereocenters. The van der Waals surface area contributed by atoms with Gasteiger partial charge in [0.1, 0.15) is 5.84 Å². The number of nitrogens with one attached hydrogen (secondary N) is 2. The third-order valence-corrected chi connectivity index (χ3v) is 6.75. The van der Waals surface area contributed by atoms with Crippen molar-refractivity contribution >= 4 is 41.1 Å². The number of thioether (sulfide) groups is 1. The molecule has 0 saturated heterocycles. The maximum absolute atomic E-state index is 12.0. The molecule has 184 valence electrons. The number of amidine groups is 1. The van der Waals surface area contributed by atoms with Gasteiger partial charge in [0.15, 0.2) is 5.96 Å². The molecule has 0 aliphatic carbocycles. The van der Waals surface area contributed by atoms with Gasteiger partial charge >= 0.3 is 0 Å². The number of aliphatic imine (C=N–C) groups is 2. The summed E-state index contributed by atoms with van der Waals surface area (Å²) in [4.78, 5) is 33.6. The Morgan fingerprint density at radius 1 is 1.03 bits per heavy atom. The zero-order valence-corrected chi connectivity index (χ0v) is 21.2. The molecular formula is C26H32N6O2S. The standard InChI is InChI=1S/C26H32N6O2S/c1-16-14-19(6-11-21(16)25(34)29-3)8-13-23-22(32-24(15-35-23)30-17(2)33)12-7-18-4-9-20(10-5-18)31-26(27)28/h4-6,9-11,14H,7-8,12-13,15H2,1-3H3,(H,29,34)(H4,27,28,31)(H,30,32,33). The number of amides is 2. The Labute approximate surface area is 210 Å². The van der Waals surface area contributed by atoms with Crippen molar-refractivity contribution in [1.82, 2.24) is 10.6 Å². The first-order valence-corrected chi connectivity index (χ1v) is 12.4. The fourth-order valence-electron chi connectivity index (χ4n) is 3.85. The van der Waals surface area contributed by atoms with E-state index in [-0.39, 0.29) is 17.8 Å². The summed E-state index contributed by atoms with van der Waals surface area (Å²) in [5.41, 5.74) is 16.6. The van der Waals surface area contributed by atoms with E-state index in [0.717, 1.165) is 42.5 Å². The van der Waals surface area contributed by atoms with Crippen LogP contribution in [0.5, 0.6) is 0 Å². The highest BCUT2D eigenvalue weighted by molar-refractivity contribution is 8.03. The highest BCUT2D eigenvalue weighted by atomic mass is 32.2. The predicted octanol–water partition coefficient (Wildman–Crippen LogP) is 3.32. The van der Waals surface area contributed by atoms with Crippen molar-refractivity contribution in [1.29, 1.82) is 0 Å². The molecular weight excluding hydrogens is 460 g/mol. The van der Waals surface area contributed by atoms with Gasteiger partial charge in [0.2, 0.25) is 5.91 Å². The molecule has 0 radical (unpaired) electrons. The fourth-order valence-corrected chi connectivity index (χ4v) is 4.86. The largest absolute Gasteiger partial charge is 0.370 e. The van der Waals surface area contributed by atoms with E-state index < -0.39 is 0 Å². The third kappa shape index (κ3) is 7.71. The number of guanidine groups is 1. The summed E-state index contributed by atoms with van der Waals surface area (Å²) in [6.45, 7) is 3.45. The monoisotopic (exact) mass is 492 g/mol. The first-order chi connectivity index (χ1) is 16.7. The van der Waals surface area contributed by atoms with Crippen LogP contribution in [0.1, 0.15) is 46.8 Å². The van der Waals surface area contributed by atoms with Gasteiger partial charge in [0.25, 0.3) is 5.91 Å². The van der Waals surface area contributed by atoms with Crippen LogP contribution in [0, 0.1) is 6.92 Å². The molecule has 0 saturated carbocycles. The van der Waals surface area contributed by atoms with Crippen LogP contribution < -0.4 is 22.1 Å². The number of aryl methyl sites for hydroxylation is 3. The Morgan fingerprint density at radius 2 is 1.71 bits per heavy atom. The van der Waals surface area contributed by atoms with Gasteiger partial charge in [0, 0.05) is 24.4 Å². The number of hydrogen-bond donors (Lipinski definition) is 4. The van der Waals surface area contributed by atoms with Gasteiger partial charge in [-0.1, -0.05) is 24.3 Å². The zero-order valence-electron chi connectivity index (χ0n) is 20.4. The first kappa shape index (κ1) is 26.0. The predicted molar refractivity (Wildman–Crippen MR) is 144 cm³/mol. The number of allylic oxidation sites excluding steroid dienone is 2. The van der Waals surface area contributed by atoms with E-state index in [9.17, 15) is 9.59 Å². The quantitative estimate of drug-likeness (QED) is 0.331. The van der Waals surface area contributed by atoms with Crippen molar-refractivity contribution in [2.24, 2.45) is 21.5 Å². The average Bonchev–Trinajstić information content (AvgIpc) is 2.82. The summed E-state index contributed by atoms with van der Waals surface area (Å²) in [6, 6.07) is 13.7. The van der Waals surface area contributed by atoms with Gasteiger partial charge in [0.05, 0.1) is 17.1 Å². The Balaban J connectivity index is 1.75. The molecule has 35 heavy (non-hydrogen) atoms. The molecule has 3 rings (SSSR count). The molecule has 0 fully saturated rings. The molecule has 2 aromatic rings. The molecule has 0 aromatic heterocycles. The second kappa shape index (κ2) is 12.2. The van der Waals surface area contributed by atoms with Gasteiger partial charge in [-0.2, -0.15) is 0 Å². The summed E-state index contributed by atoms with van der Waals surface area (Å²) >= 11 is 1.73. The van der Waals surface area contributed by atoms with Gasteiger partial charge in [-0.05, 0) is 67.5 Å². The van der Waals surface area contributed by atoms with E-state index in [4.69, 9.17) is 16.5 Å². The molecule has 0 bridgehead atoms. The Morgan fingerprint density at radius 3 is 2.34 bits per heavy atom. The van der Waals surface area contributed by atoms with E-state index in [1.165, 1.54) is 17.4 Å². The minimum absolute atomic E-state index is 0.0325. The number of benzene rings is 2. The normalized spacial score (nSPS) is 13.2. The number of hydrogen-bond acceptors (Lipinski definition) is 5. The zero-order chi connectivity index (χ0) is 25.4. The van der Waals surface area contributed by atoms with E-state index in [1.807, 2.05) is 43.3 Å². The summed E-state index contributed by atoms with van der Waals surface area (Å²) < 4.78 is 0. The van der Waals surface area contributed by atoms with Gasteiger partial charge in [-0.3, -0.25) is 9.59 Å². The lowest BCUT2D eigenvalue weighted by Gasteiger charge is -2.20. The van der Waals surface area contributed by atoms with E-state index in [1.54, 1.807) is 18.8 Å². The molecule has 1 aliphatic rings. The molecule has 1 aliphatic heterocycles. The molecule has 8 nitrogen and oxygen atoms in total. The molecule has 2 aromatic carbocycles. The fraction of sp³-hybridized carbons (Fsp3) is 0.308. The summed E-state index contributed by atoms with van der Waals surface area (Å²) in [5, 5.41) is 5.52. The smallest absolute Gasteiger partial charge is 0.251 e. The van der Waals surface area contributed by atoms with Gasteiger partial charge in [-0.25, -0.2) is 9.98 Å². The molecule has 2 amide bonds. The summed E-state index contributed by atoms with van der Waals surface area (Å²) in [6.07, 6.45) is 3.25. The topological polar surface area (TPSA) is 135 Å². The minimum Gasteiger partial charge on any atom is -0.370 e. The molecule has 0 spiro atoms. The highest BCUT2D eigenvalue weighted by Gasteiger charge is 2.17. The van der Waals surface area contributed by atoms with Crippen LogP contribution >= 0.6 is 11.8 Å². The SMILES string of the molecule is CNC(=O)c1ccc(CCC2=C(CCc3ccc(N=C(N)N)cc3)N=C(NC(C)=O)CS2)cc1C. The number of carbonyl (C=O) groups is 2. The minimum atomic E-state index is -0.117. The average molecular weight is 493 g/mol. The lowest BCUT2D eigenvalue weighted by molar-refractivity contribution is -0.117. The van der Waals surface area contributed by atoms with E-state index in [0.29, 0.717) is 22.8 Å². The van der Waals surface area contributed by atoms with E-state index in [2.05, 4.69) is 21.7 Å². The van der Waals surface area contributed by atoms with E-state index >= 15 is 0 Å². The highest BCUT2D eigenvalue weighted by Crippen LogP contribution is 2.32. The number of rotatable bonds is 8. The van der Waals surface area contributed by atoms with Crippen molar-refractivity contribution in [3.63, 3.8) is 0 Å². The van der Waals surface area contributed by atoms with Gasteiger partial charge in [-0.15, -0.1) is 11.8 Å². The summed E-state index contributed by atoms with van der Waals surface area (Å²) in [5.74, 6) is 1.17. The van der Waals surface area contributed by atoms with Crippen molar-refractivity contribution in [2.45, 2.75) is 39.5 Å². The molecule has 1 heterocycles. The van der Waals surface area contributed by atoms with Crippen LogP contribution in [0.15, 0.2) is 63.1 Å². The maximum Gasteiger partial charge on any atom is 0.251 e. The van der Waals surface area contributed by atoms with Gasteiger partial charge < -0.3 is 22.1 Å². The van der Waals surface area contributed by atoms with Crippen LogP contribution in [0.2, 0.25) is 0 Å². The van der Waals surface area contributed by atoms with Crippen molar-refractivity contribution in [3.8, 4) is 0 Å². The first-order valence-electron chi connectivity index (χ1n) is 11.4. The van der Waals surface area contributed by atoms with Crippen molar-refractivity contribution in [3.05, 3.63) is 75.3 Å². The lowest BCUT2D eigenvalue weighted by atomic mass is 10.0. The van der Waals surface area contributed by atoms with Crippen LogP contribution in [-0.4, -0.2) is 36.4 Å². The van der Waals surface area contributed by atoms with Crippen LogP contribution in [0.3, 0.4) is 0 Å². The molecule has 0 atom stereocenters. The Bertz CT molecular complexity index is 1180. The van der Waals surface area contributed by atoms with Crippen LogP contribution in [-0.2, 0) is 17.6 Å². The Kier molecular flexibility index (Phi) is 9.08. The lowest BCUT2D eigenvalue weighted by Crippen LogP contribution is -2.31. The van der Waals surface area contributed by atoms with Crippen molar-refractivity contribution in [2.75, 3.05) is 12.8 Å². The van der Waals surface area contributed by atoms with Crippen molar-refractivity contribution < 1.29 is 9.59 Å². The number of carbonyl (C=O) groups excluding carboxylic acids is 2.